The van der Waals surface area contributed by atoms with Crippen LogP contribution in [0.25, 0.3) is 0 Å². The largest absolute Gasteiger partial charge is 0.411 e. The summed E-state index contributed by atoms with van der Waals surface area (Å²) in [6.07, 6.45) is -3.51. The first-order valence-electron chi connectivity index (χ1n) is 10.3. The third kappa shape index (κ3) is 4.92. The Morgan fingerprint density at radius 1 is 0.875 bits per heavy atom. The van der Waals surface area contributed by atoms with E-state index in [0.717, 1.165) is 10.5 Å². The molecule has 1 unspecified atom stereocenters. The molecule has 32 heavy (non-hydrogen) atoms. The molecule has 174 valence electrons. The predicted octanol–water partition coefficient (Wildman–Crippen LogP) is 5.73. The molecule has 4 nitrogen and oxygen atoms in total. The molecule has 2 aromatic rings. The third-order valence-corrected chi connectivity index (χ3v) is 6.79. The zero-order valence-corrected chi connectivity index (χ0v) is 18.7. The fraction of sp³-hybridized carbons (Fsp3) is 0.391. The molecular formula is C23H25Cl2F3N2O2. The van der Waals surface area contributed by atoms with Crippen LogP contribution in [0, 0.1) is 0 Å². The Bertz CT molecular complexity index is 899. The van der Waals surface area contributed by atoms with Crippen molar-refractivity contribution in [1.82, 2.24) is 8.84 Å². The second kappa shape index (κ2) is 10.4. The van der Waals surface area contributed by atoms with Crippen LogP contribution < -0.4 is 0 Å². The Morgan fingerprint density at radius 2 is 1.38 bits per heavy atom. The summed E-state index contributed by atoms with van der Waals surface area (Å²) in [6.45, 7) is -0.972. The Labute approximate surface area is 195 Å². The van der Waals surface area contributed by atoms with Gasteiger partial charge in [-0.3, -0.25) is 4.42 Å². The van der Waals surface area contributed by atoms with Gasteiger partial charge in [0, 0.05) is 17.5 Å². The van der Waals surface area contributed by atoms with Gasteiger partial charge in [-0.2, -0.15) is 17.6 Å². The smallest absolute Gasteiger partial charge is 0.394 e. The number of rotatable bonds is 8. The van der Waals surface area contributed by atoms with Crippen LogP contribution in [0.2, 0.25) is 0 Å². The number of allylic oxidation sites excluding steroid dienone is 1. The molecule has 2 N–H and O–H groups in total. The number of aliphatic hydroxyl groups is 2. The fourth-order valence-corrected chi connectivity index (χ4v) is 4.80. The molecule has 3 atom stereocenters. The van der Waals surface area contributed by atoms with Crippen molar-refractivity contribution < 1.29 is 23.4 Å². The summed E-state index contributed by atoms with van der Waals surface area (Å²) in [7, 11) is 0. The first kappa shape index (κ1) is 24.9. The maximum Gasteiger partial charge on any atom is 0.411 e. The first-order chi connectivity index (χ1) is 15.2. The quantitative estimate of drug-likeness (QED) is 0.465. The van der Waals surface area contributed by atoms with Crippen LogP contribution in [-0.2, 0) is 0 Å². The summed E-state index contributed by atoms with van der Waals surface area (Å²) < 4.78 is 45.4. The normalized spacial score (nSPS) is 21.2. The van der Waals surface area contributed by atoms with Gasteiger partial charge in [0.15, 0.2) is 5.54 Å². The van der Waals surface area contributed by atoms with Gasteiger partial charge in [-0.25, -0.2) is 0 Å². The van der Waals surface area contributed by atoms with E-state index in [2.05, 4.69) is 0 Å². The van der Waals surface area contributed by atoms with E-state index in [1.165, 1.54) is 0 Å². The van der Waals surface area contributed by atoms with Gasteiger partial charge in [-0.1, -0.05) is 60.7 Å². The zero-order chi connectivity index (χ0) is 23.4. The van der Waals surface area contributed by atoms with E-state index >= 15 is 0 Å². The molecule has 0 aromatic heterocycles. The summed E-state index contributed by atoms with van der Waals surface area (Å²) in [5, 5.41) is 19.8. The van der Waals surface area contributed by atoms with Crippen molar-refractivity contribution in [2.45, 2.75) is 43.1 Å². The second-order valence-corrected chi connectivity index (χ2v) is 8.48. The molecule has 9 heteroatoms. The van der Waals surface area contributed by atoms with Crippen LogP contribution in [0.5, 0.6) is 0 Å². The molecule has 0 bridgehead atoms. The summed E-state index contributed by atoms with van der Waals surface area (Å²) in [6, 6.07) is 15.4. The van der Waals surface area contributed by atoms with Crippen molar-refractivity contribution in [2.75, 3.05) is 13.2 Å². The SMILES string of the molecule is OC[C@H](c1ccccc1)N(Cl)C1=CC(N(Cl)[C@H](CO)c2ccccc2)(C(F)(F)F)CCC1. The fourth-order valence-electron chi connectivity index (χ4n) is 4.09. The summed E-state index contributed by atoms with van der Waals surface area (Å²) >= 11 is 12.9. The van der Waals surface area contributed by atoms with E-state index in [4.69, 9.17) is 23.6 Å². The zero-order valence-electron chi connectivity index (χ0n) is 17.2. The standard InChI is InChI=1S/C23H25Cl2F3N2O2/c24-29(20(15-31)17-8-3-1-4-9-17)19-12-7-13-22(14-19,23(26,27)28)30(25)21(16-32)18-10-5-2-6-11-18/h1-6,8-11,14,20-21,31-32H,7,12-13,15-16H2/t20-,21-,22?/m1/s1. The minimum absolute atomic E-state index is 0.178. The second-order valence-electron chi connectivity index (χ2n) is 7.75. The van der Waals surface area contributed by atoms with Crippen molar-refractivity contribution in [3.05, 3.63) is 83.6 Å². The molecule has 0 heterocycles. The monoisotopic (exact) mass is 488 g/mol. The molecule has 1 aliphatic carbocycles. The number of benzene rings is 2. The van der Waals surface area contributed by atoms with Gasteiger partial charge in [-0.15, -0.1) is 0 Å². The topological polar surface area (TPSA) is 46.9 Å². The molecule has 0 fully saturated rings. The highest BCUT2D eigenvalue weighted by Crippen LogP contribution is 2.49. The Hall–Kier alpha value is -1.77. The predicted molar refractivity (Wildman–Crippen MR) is 119 cm³/mol. The molecule has 0 spiro atoms. The van der Waals surface area contributed by atoms with Crippen LogP contribution in [-0.4, -0.2) is 44.0 Å². The Balaban J connectivity index is 2.03. The molecule has 0 amide bonds. The van der Waals surface area contributed by atoms with E-state index in [9.17, 15) is 23.4 Å². The van der Waals surface area contributed by atoms with Gasteiger partial charge >= 0.3 is 6.18 Å². The van der Waals surface area contributed by atoms with E-state index < -0.39 is 30.4 Å². The average Bonchev–Trinajstić information content (AvgIpc) is 2.80. The van der Waals surface area contributed by atoms with Crippen molar-refractivity contribution in [1.29, 1.82) is 0 Å². The molecule has 0 radical (unpaired) electrons. The number of hydrogen-bond acceptors (Lipinski definition) is 4. The van der Waals surface area contributed by atoms with Crippen molar-refractivity contribution in [3.8, 4) is 0 Å². The molecule has 3 rings (SSSR count). The Morgan fingerprint density at radius 3 is 1.84 bits per heavy atom. The maximum absolute atomic E-state index is 14.5. The minimum Gasteiger partial charge on any atom is -0.394 e. The van der Waals surface area contributed by atoms with Crippen LogP contribution >= 0.6 is 23.6 Å². The molecule has 2 aromatic carbocycles. The van der Waals surface area contributed by atoms with Gasteiger partial charge in [0.2, 0.25) is 0 Å². The van der Waals surface area contributed by atoms with E-state index in [-0.39, 0.29) is 25.1 Å². The van der Waals surface area contributed by atoms with E-state index in [0.29, 0.717) is 22.0 Å². The molecule has 1 aliphatic rings. The number of nitrogens with zero attached hydrogens (tertiary/aromatic N) is 2. The lowest BCUT2D eigenvalue weighted by Crippen LogP contribution is -2.56. The number of alkyl halides is 3. The van der Waals surface area contributed by atoms with Crippen molar-refractivity contribution in [3.63, 3.8) is 0 Å². The van der Waals surface area contributed by atoms with Crippen LogP contribution in [0.4, 0.5) is 13.2 Å². The first-order valence-corrected chi connectivity index (χ1v) is 10.9. The van der Waals surface area contributed by atoms with Crippen LogP contribution in [0.3, 0.4) is 0 Å². The van der Waals surface area contributed by atoms with Crippen molar-refractivity contribution in [2.24, 2.45) is 0 Å². The van der Waals surface area contributed by atoms with E-state index in [1.807, 2.05) is 0 Å². The highest BCUT2D eigenvalue weighted by Gasteiger charge is 2.59. The highest BCUT2D eigenvalue weighted by atomic mass is 35.5. The molecule has 0 aliphatic heterocycles. The molecule has 0 saturated heterocycles. The van der Waals surface area contributed by atoms with Gasteiger partial charge < -0.3 is 10.2 Å². The van der Waals surface area contributed by atoms with Gasteiger partial charge in [0.05, 0.1) is 25.3 Å². The third-order valence-electron chi connectivity index (χ3n) is 5.80. The number of aliphatic hydroxyl groups excluding tert-OH is 2. The average molecular weight is 489 g/mol. The van der Waals surface area contributed by atoms with Crippen molar-refractivity contribution >= 4 is 23.6 Å². The van der Waals surface area contributed by atoms with Crippen LogP contribution in [0.15, 0.2) is 72.4 Å². The number of hydrogen-bond donors (Lipinski definition) is 2. The minimum atomic E-state index is -4.73. The van der Waals surface area contributed by atoms with Gasteiger partial charge in [-0.05, 0) is 48.2 Å². The lowest BCUT2D eigenvalue weighted by Gasteiger charge is -2.45. The lowest BCUT2D eigenvalue weighted by molar-refractivity contribution is -0.211. The highest BCUT2D eigenvalue weighted by molar-refractivity contribution is 6.15. The summed E-state index contributed by atoms with van der Waals surface area (Å²) in [4.78, 5) is 0. The summed E-state index contributed by atoms with van der Waals surface area (Å²) in [5.74, 6) is 0. The van der Waals surface area contributed by atoms with Gasteiger partial charge in [0.1, 0.15) is 0 Å². The molecule has 0 saturated carbocycles. The summed E-state index contributed by atoms with van der Waals surface area (Å²) in [5.41, 5.74) is -1.19. The Kier molecular flexibility index (Phi) is 8.11. The maximum atomic E-state index is 14.5. The lowest BCUT2D eigenvalue weighted by atomic mass is 9.83. The van der Waals surface area contributed by atoms with Gasteiger partial charge in [0.25, 0.3) is 0 Å². The number of halogens is 5. The van der Waals surface area contributed by atoms with Crippen LogP contribution in [0.1, 0.15) is 42.5 Å². The van der Waals surface area contributed by atoms with E-state index in [1.54, 1.807) is 60.7 Å². The molecular weight excluding hydrogens is 464 g/mol.